The smallest absolute Gasteiger partial charge is 0.352 e. The number of hydrogen-bond acceptors (Lipinski definition) is 4. The van der Waals surface area contributed by atoms with Crippen LogP contribution in [0.3, 0.4) is 0 Å². The van der Waals surface area contributed by atoms with Gasteiger partial charge in [-0.15, -0.1) is 0 Å². The van der Waals surface area contributed by atoms with Gasteiger partial charge in [0, 0.05) is 11.5 Å². The van der Waals surface area contributed by atoms with Crippen LogP contribution >= 0.6 is 7.60 Å². The second kappa shape index (κ2) is 9.06. The van der Waals surface area contributed by atoms with Crippen molar-refractivity contribution in [1.82, 2.24) is 0 Å². The van der Waals surface area contributed by atoms with Gasteiger partial charge in [-0.05, 0) is 39.0 Å². The Labute approximate surface area is 139 Å². The van der Waals surface area contributed by atoms with Crippen LogP contribution in [0.4, 0.5) is 18.9 Å². The molecule has 0 saturated carbocycles. The summed E-state index contributed by atoms with van der Waals surface area (Å²) in [4.78, 5) is 0. The zero-order chi connectivity index (χ0) is 18.2. The minimum Gasteiger partial charge on any atom is -0.352 e. The molecule has 0 aromatic heterocycles. The molecule has 8 heteroatoms. The SMILES string of the molecule is CCOP(=O)(/C=C/C=C(/Nc1ccc(C)cc1)C(F)(F)F)OCC. The Morgan fingerprint density at radius 1 is 1.17 bits per heavy atom. The van der Waals surface area contributed by atoms with E-state index in [1.54, 1.807) is 38.1 Å². The molecule has 0 bridgehead atoms. The first-order valence-electron chi connectivity index (χ1n) is 7.39. The van der Waals surface area contributed by atoms with Crippen LogP contribution in [-0.4, -0.2) is 19.4 Å². The first kappa shape index (κ1) is 20.5. The second-order valence-electron chi connectivity index (χ2n) is 4.79. The van der Waals surface area contributed by atoms with Gasteiger partial charge in [0.15, 0.2) is 0 Å². The minimum atomic E-state index is -4.59. The standard InChI is InChI=1S/C16H21F3NO3P/c1-4-22-24(21,23-5-2)12-6-7-15(16(17,18)19)20-14-10-8-13(3)9-11-14/h6-12,20H,4-5H2,1-3H3/b12-6+,15-7+. The van der Waals surface area contributed by atoms with Gasteiger partial charge >= 0.3 is 13.8 Å². The van der Waals surface area contributed by atoms with E-state index >= 15 is 0 Å². The molecule has 1 aromatic rings. The Morgan fingerprint density at radius 2 is 1.71 bits per heavy atom. The largest absolute Gasteiger partial charge is 0.431 e. The molecule has 134 valence electrons. The van der Waals surface area contributed by atoms with Gasteiger partial charge < -0.3 is 14.4 Å². The maximum Gasteiger partial charge on any atom is 0.431 e. The molecule has 0 fully saturated rings. The zero-order valence-corrected chi connectivity index (χ0v) is 14.7. The van der Waals surface area contributed by atoms with E-state index in [0.29, 0.717) is 5.69 Å². The van der Waals surface area contributed by atoms with Crippen molar-refractivity contribution in [2.45, 2.75) is 26.9 Å². The lowest BCUT2D eigenvalue weighted by molar-refractivity contribution is -0.0902. The van der Waals surface area contributed by atoms with Gasteiger partial charge in [-0.25, -0.2) is 0 Å². The molecule has 0 atom stereocenters. The van der Waals surface area contributed by atoms with Crippen molar-refractivity contribution < 1.29 is 26.8 Å². The molecule has 0 aliphatic heterocycles. The number of hydrogen-bond donors (Lipinski definition) is 1. The van der Waals surface area contributed by atoms with Crippen LogP contribution in [0, 0.1) is 6.92 Å². The molecule has 0 heterocycles. The first-order chi connectivity index (χ1) is 11.2. The van der Waals surface area contributed by atoms with Gasteiger partial charge in [-0.3, -0.25) is 4.57 Å². The lowest BCUT2D eigenvalue weighted by Gasteiger charge is -2.14. The Bertz CT molecular complexity index is 614. The van der Waals surface area contributed by atoms with Gasteiger partial charge in [-0.1, -0.05) is 23.8 Å². The molecule has 4 nitrogen and oxygen atoms in total. The number of aryl methyl sites for hydroxylation is 1. The van der Waals surface area contributed by atoms with Crippen LogP contribution in [0.1, 0.15) is 19.4 Å². The van der Waals surface area contributed by atoms with Crippen molar-refractivity contribution in [2.75, 3.05) is 18.5 Å². The molecular formula is C16H21F3NO3P. The normalized spacial score (nSPS) is 13.5. The van der Waals surface area contributed by atoms with Crippen LogP contribution in [0.25, 0.3) is 0 Å². The summed E-state index contributed by atoms with van der Waals surface area (Å²) in [7, 11) is -3.54. The Kier molecular flexibility index (Phi) is 7.73. The molecule has 0 radical (unpaired) electrons. The molecule has 0 amide bonds. The third kappa shape index (κ3) is 6.91. The fraction of sp³-hybridized carbons (Fsp3) is 0.375. The van der Waals surface area contributed by atoms with E-state index < -0.39 is 19.5 Å². The number of nitrogens with one attached hydrogen (secondary N) is 1. The van der Waals surface area contributed by atoms with Crippen LogP contribution in [0.2, 0.25) is 0 Å². The van der Waals surface area contributed by atoms with Crippen LogP contribution < -0.4 is 5.32 Å². The third-order valence-corrected chi connectivity index (χ3v) is 4.56. The van der Waals surface area contributed by atoms with Crippen molar-refractivity contribution in [3.05, 3.63) is 53.5 Å². The summed E-state index contributed by atoms with van der Waals surface area (Å²) in [5.74, 6) is 1.02. The van der Waals surface area contributed by atoms with E-state index in [4.69, 9.17) is 9.05 Å². The molecule has 0 unspecified atom stereocenters. The maximum absolute atomic E-state index is 13.1. The summed E-state index contributed by atoms with van der Waals surface area (Å²) in [6.07, 6.45) is -2.77. The minimum absolute atomic E-state index is 0.124. The monoisotopic (exact) mass is 363 g/mol. The van der Waals surface area contributed by atoms with E-state index in [0.717, 1.165) is 23.5 Å². The average Bonchev–Trinajstić information content (AvgIpc) is 2.48. The van der Waals surface area contributed by atoms with Crippen molar-refractivity contribution in [3.63, 3.8) is 0 Å². The van der Waals surface area contributed by atoms with Gasteiger partial charge in [-0.2, -0.15) is 13.2 Å². The van der Waals surface area contributed by atoms with Crippen LogP contribution in [0.5, 0.6) is 0 Å². The topological polar surface area (TPSA) is 47.6 Å². The molecule has 24 heavy (non-hydrogen) atoms. The number of halogens is 3. The highest BCUT2D eigenvalue weighted by Crippen LogP contribution is 2.49. The molecule has 0 saturated heterocycles. The summed E-state index contributed by atoms with van der Waals surface area (Å²) in [5, 5.41) is 2.31. The second-order valence-corrected chi connectivity index (χ2v) is 6.68. The first-order valence-corrected chi connectivity index (χ1v) is 9.00. The van der Waals surface area contributed by atoms with E-state index in [2.05, 4.69) is 5.32 Å². The lowest BCUT2D eigenvalue weighted by atomic mass is 10.2. The molecule has 1 N–H and O–H groups in total. The van der Waals surface area contributed by atoms with Crippen molar-refractivity contribution in [3.8, 4) is 0 Å². The molecule has 1 rings (SSSR count). The van der Waals surface area contributed by atoms with Gasteiger partial charge in [0.2, 0.25) is 0 Å². The predicted octanol–water partition coefficient (Wildman–Crippen LogP) is 5.63. The number of allylic oxidation sites excluding steroid dienone is 3. The summed E-state index contributed by atoms with van der Waals surface area (Å²) in [6.45, 7) is 5.33. The van der Waals surface area contributed by atoms with Crippen molar-refractivity contribution in [1.29, 1.82) is 0 Å². The van der Waals surface area contributed by atoms with E-state index in [9.17, 15) is 17.7 Å². The summed E-state index contributed by atoms with van der Waals surface area (Å²) in [6, 6.07) is 6.49. The summed E-state index contributed by atoms with van der Waals surface area (Å²) in [5.41, 5.74) is 0.255. The molecule has 0 aliphatic carbocycles. The number of anilines is 1. The van der Waals surface area contributed by atoms with Crippen LogP contribution in [0.15, 0.2) is 47.9 Å². The number of benzene rings is 1. The average molecular weight is 363 g/mol. The summed E-state index contributed by atoms with van der Waals surface area (Å²) < 4.78 is 61.5. The number of alkyl halides is 3. The molecule has 0 spiro atoms. The zero-order valence-electron chi connectivity index (χ0n) is 13.8. The van der Waals surface area contributed by atoms with Gasteiger partial charge in [0.1, 0.15) is 5.70 Å². The fourth-order valence-corrected chi connectivity index (χ4v) is 2.99. The highest BCUT2D eigenvalue weighted by atomic mass is 31.2. The van der Waals surface area contributed by atoms with Crippen LogP contribution in [-0.2, 0) is 13.6 Å². The molecular weight excluding hydrogens is 342 g/mol. The van der Waals surface area contributed by atoms with Gasteiger partial charge in [0.25, 0.3) is 0 Å². The van der Waals surface area contributed by atoms with E-state index in [-0.39, 0.29) is 13.2 Å². The Morgan fingerprint density at radius 3 is 2.17 bits per heavy atom. The quantitative estimate of drug-likeness (QED) is 0.480. The summed E-state index contributed by atoms with van der Waals surface area (Å²) >= 11 is 0. The molecule has 0 aliphatic rings. The van der Waals surface area contributed by atoms with Gasteiger partial charge in [0.05, 0.1) is 13.2 Å². The highest BCUT2D eigenvalue weighted by Gasteiger charge is 2.33. The predicted molar refractivity (Wildman–Crippen MR) is 88.9 cm³/mol. The lowest BCUT2D eigenvalue weighted by Crippen LogP contribution is -2.18. The maximum atomic E-state index is 13.1. The Hall–Kier alpha value is -1.56. The molecule has 1 aromatic carbocycles. The van der Waals surface area contributed by atoms with Crippen molar-refractivity contribution >= 4 is 13.3 Å². The number of rotatable bonds is 8. The van der Waals surface area contributed by atoms with Crippen molar-refractivity contribution in [2.24, 2.45) is 0 Å². The third-order valence-electron chi connectivity index (χ3n) is 2.79. The highest BCUT2D eigenvalue weighted by molar-refractivity contribution is 7.57. The fourth-order valence-electron chi connectivity index (χ4n) is 1.73. The Balaban J connectivity index is 2.99. The van der Waals surface area contributed by atoms with E-state index in [1.807, 2.05) is 6.92 Å². The van der Waals surface area contributed by atoms with E-state index in [1.165, 1.54) is 0 Å².